The van der Waals surface area contributed by atoms with Gasteiger partial charge in [-0.3, -0.25) is 0 Å². The SMILES string of the molecule is C=C(/C=C\CC)C(F)(F)F. The average molecular weight is 150 g/mol. The van der Waals surface area contributed by atoms with Crippen LogP contribution in [0.4, 0.5) is 13.2 Å². The third-order valence-corrected chi connectivity index (χ3v) is 0.919. The first-order valence-corrected chi connectivity index (χ1v) is 2.91. The fourth-order valence-corrected chi connectivity index (χ4v) is 0.355. The molecule has 58 valence electrons. The van der Waals surface area contributed by atoms with E-state index >= 15 is 0 Å². The van der Waals surface area contributed by atoms with Crippen LogP contribution in [0.2, 0.25) is 0 Å². The average Bonchev–Trinajstić information content (AvgIpc) is 1.80. The van der Waals surface area contributed by atoms with Crippen LogP contribution in [0.15, 0.2) is 24.3 Å². The zero-order chi connectivity index (χ0) is 8.20. The van der Waals surface area contributed by atoms with Gasteiger partial charge in [-0.1, -0.05) is 25.7 Å². The van der Waals surface area contributed by atoms with Gasteiger partial charge >= 0.3 is 6.18 Å². The largest absolute Gasteiger partial charge is 0.415 e. The lowest BCUT2D eigenvalue weighted by atomic mass is 10.2. The first kappa shape index (κ1) is 9.27. The van der Waals surface area contributed by atoms with Crippen molar-refractivity contribution >= 4 is 0 Å². The molecule has 0 aliphatic heterocycles. The molecule has 0 aliphatic rings. The molecule has 0 atom stereocenters. The summed E-state index contributed by atoms with van der Waals surface area (Å²) in [5.74, 6) is 0. The van der Waals surface area contributed by atoms with Gasteiger partial charge in [-0.25, -0.2) is 0 Å². The van der Waals surface area contributed by atoms with Gasteiger partial charge in [-0.15, -0.1) is 0 Å². The van der Waals surface area contributed by atoms with Crippen LogP contribution in [-0.2, 0) is 0 Å². The molecule has 0 N–H and O–H groups in total. The monoisotopic (exact) mass is 150 g/mol. The second-order valence-corrected chi connectivity index (χ2v) is 1.83. The van der Waals surface area contributed by atoms with Crippen molar-refractivity contribution in [2.24, 2.45) is 0 Å². The highest BCUT2D eigenvalue weighted by Crippen LogP contribution is 2.24. The Labute approximate surface area is 58.0 Å². The number of hydrogen-bond donors (Lipinski definition) is 0. The molecular weight excluding hydrogens is 141 g/mol. The van der Waals surface area contributed by atoms with E-state index in [2.05, 4.69) is 6.58 Å². The third-order valence-electron chi connectivity index (χ3n) is 0.919. The van der Waals surface area contributed by atoms with Crippen molar-refractivity contribution in [1.82, 2.24) is 0 Å². The number of hydrogen-bond acceptors (Lipinski definition) is 0. The Morgan fingerprint density at radius 2 is 2.00 bits per heavy atom. The van der Waals surface area contributed by atoms with Gasteiger partial charge in [-0.2, -0.15) is 13.2 Å². The van der Waals surface area contributed by atoms with E-state index in [0.29, 0.717) is 6.42 Å². The highest BCUT2D eigenvalue weighted by molar-refractivity contribution is 5.19. The first-order valence-electron chi connectivity index (χ1n) is 2.91. The van der Waals surface area contributed by atoms with Gasteiger partial charge in [0.1, 0.15) is 0 Å². The highest BCUT2D eigenvalue weighted by Gasteiger charge is 2.29. The highest BCUT2D eigenvalue weighted by atomic mass is 19.4. The minimum Gasteiger partial charge on any atom is -0.166 e. The molecule has 0 nitrogen and oxygen atoms in total. The summed E-state index contributed by atoms with van der Waals surface area (Å²) >= 11 is 0. The van der Waals surface area contributed by atoms with Crippen molar-refractivity contribution in [2.45, 2.75) is 19.5 Å². The fourth-order valence-electron chi connectivity index (χ4n) is 0.355. The van der Waals surface area contributed by atoms with Crippen LogP contribution in [0.5, 0.6) is 0 Å². The van der Waals surface area contributed by atoms with Crippen molar-refractivity contribution in [1.29, 1.82) is 0 Å². The maximum absolute atomic E-state index is 11.6. The van der Waals surface area contributed by atoms with E-state index in [1.165, 1.54) is 6.08 Å². The Bertz CT molecular complexity index is 141. The van der Waals surface area contributed by atoms with Gasteiger partial charge in [-0.05, 0) is 6.42 Å². The predicted molar refractivity (Wildman–Crippen MR) is 34.6 cm³/mol. The number of allylic oxidation sites excluding steroid dienone is 3. The van der Waals surface area contributed by atoms with Crippen LogP contribution < -0.4 is 0 Å². The van der Waals surface area contributed by atoms with Crippen LogP contribution >= 0.6 is 0 Å². The molecule has 0 amide bonds. The molecule has 0 fully saturated rings. The van der Waals surface area contributed by atoms with E-state index < -0.39 is 11.7 Å². The van der Waals surface area contributed by atoms with E-state index in [1.807, 2.05) is 0 Å². The molecule has 0 unspecified atom stereocenters. The van der Waals surface area contributed by atoms with Gasteiger partial charge in [0, 0.05) is 5.57 Å². The molecular formula is C7H9F3. The van der Waals surface area contributed by atoms with Crippen molar-refractivity contribution in [2.75, 3.05) is 0 Å². The van der Waals surface area contributed by atoms with Crippen LogP contribution in [0.25, 0.3) is 0 Å². The molecule has 10 heavy (non-hydrogen) atoms. The van der Waals surface area contributed by atoms with Gasteiger partial charge in [0.15, 0.2) is 0 Å². The van der Waals surface area contributed by atoms with Crippen molar-refractivity contribution in [3.63, 3.8) is 0 Å². The minimum atomic E-state index is -4.27. The van der Waals surface area contributed by atoms with Crippen LogP contribution in [-0.4, -0.2) is 6.18 Å². The molecule has 0 aromatic carbocycles. The van der Waals surface area contributed by atoms with Gasteiger partial charge < -0.3 is 0 Å². The van der Waals surface area contributed by atoms with E-state index in [9.17, 15) is 13.2 Å². The van der Waals surface area contributed by atoms with Crippen LogP contribution in [0.1, 0.15) is 13.3 Å². The van der Waals surface area contributed by atoms with E-state index in [4.69, 9.17) is 0 Å². The first-order chi connectivity index (χ1) is 4.48. The zero-order valence-corrected chi connectivity index (χ0v) is 5.70. The molecule has 0 spiro atoms. The maximum Gasteiger partial charge on any atom is 0.415 e. The Hall–Kier alpha value is -0.730. The molecule has 0 radical (unpaired) electrons. The molecule has 0 saturated carbocycles. The molecule has 0 aromatic rings. The minimum absolute atomic E-state index is 0.592. The second kappa shape index (κ2) is 3.44. The van der Waals surface area contributed by atoms with Crippen LogP contribution in [0.3, 0.4) is 0 Å². The normalized spacial score (nSPS) is 12.4. The van der Waals surface area contributed by atoms with Gasteiger partial charge in [0.2, 0.25) is 0 Å². The standard InChI is InChI=1S/C7H9F3/c1-3-4-5-6(2)7(8,9)10/h4-5H,2-3H2,1H3/b5-4-. The predicted octanol–water partition coefficient (Wildman–Crippen LogP) is 3.07. The van der Waals surface area contributed by atoms with E-state index in [-0.39, 0.29) is 0 Å². The number of halogens is 3. The Kier molecular flexibility index (Phi) is 3.19. The second-order valence-electron chi connectivity index (χ2n) is 1.83. The summed E-state index contributed by atoms with van der Waals surface area (Å²) in [6, 6.07) is 0. The Morgan fingerprint density at radius 3 is 2.30 bits per heavy atom. The van der Waals surface area contributed by atoms with Crippen molar-refractivity contribution < 1.29 is 13.2 Å². The zero-order valence-electron chi connectivity index (χ0n) is 5.70. The van der Waals surface area contributed by atoms with E-state index in [0.717, 1.165) is 6.08 Å². The maximum atomic E-state index is 11.6. The molecule has 0 aromatic heterocycles. The topological polar surface area (TPSA) is 0 Å². The quantitative estimate of drug-likeness (QED) is 0.530. The Balaban J connectivity index is 3.98. The summed E-state index contributed by atoms with van der Waals surface area (Å²) in [6.07, 6.45) is -1.27. The summed E-state index contributed by atoms with van der Waals surface area (Å²) in [7, 11) is 0. The fraction of sp³-hybridized carbons (Fsp3) is 0.429. The number of alkyl halides is 3. The number of rotatable bonds is 2. The van der Waals surface area contributed by atoms with Gasteiger partial charge in [0.05, 0.1) is 0 Å². The molecule has 0 rings (SSSR count). The molecule has 3 heteroatoms. The molecule has 0 aliphatic carbocycles. The van der Waals surface area contributed by atoms with Crippen molar-refractivity contribution in [3.05, 3.63) is 24.3 Å². The summed E-state index contributed by atoms with van der Waals surface area (Å²) in [5.41, 5.74) is -0.797. The Morgan fingerprint density at radius 1 is 1.50 bits per heavy atom. The van der Waals surface area contributed by atoms with Gasteiger partial charge in [0.25, 0.3) is 0 Å². The lowest BCUT2D eigenvalue weighted by molar-refractivity contribution is -0.0878. The smallest absolute Gasteiger partial charge is 0.166 e. The van der Waals surface area contributed by atoms with Crippen molar-refractivity contribution in [3.8, 4) is 0 Å². The molecule has 0 heterocycles. The summed E-state index contributed by atoms with van der Waals surface area (Å²) in [5, 5.41) is 0. The van der Waals surface area contributed by atoms with E-state index in [1.54, 1.807) is 6.92 Å². The van der Waals surface area contributed by atoms with Crippen LogP contribution in [0, 0.1) is 0 Å². The molecule has 0 saturated heterocycles. The lowest BCUT2D eigenvalue weighted by Gasteiger charge is -2.03. The molecule has 0 bridgehead atoms. The lowest BCUT2D eigenvalue weighted by Crippen LogP contribution is -2.08. The summed E-state index contributed by atoms with van der Waals surface area (Å²) in [4.78, 5) is 0. The summed E-state index contributed by atoms with van der Waals surface area (Å²) in [6.45, 7) is 4.62. The third kappa shape index (κ3) is 3.33. The summed E-state index contributed by atoms with van der Waals surface area (Å²) < 4.78 is 34.9.